The molecule has 1 aliphatic carbocycles. The molecule has 4 heteroatoms. The summed E-state index contributed by atoms with van der Waals surface area (Å²) >= 11 is 0. The van der Waals surface area contributed by atoms with Gasteiger partial charge in [0.1, 0.15) is 5.75 Å². The van der Waals surface area contributed by atoms with E-state index in [-0.39, 0.29) is 11.9 Å². The highest BCUT2D eigenvalue weighted by Gasteiger charge is 2.17. The van der Waals surface area contributed by atoms with Crippen LogP contribution in [0.25, 0.3) is 0 Å². The van der Waals surface area contributed by atoms with Gasteiger partial charge in [-0.05, 0) is 50.3 Å². The second kappa shape index (κ2) is 8.79. The summed E-state index contributed by atoms with van der Waals surface area (Å²) in [6.45, 7) is 2.61. The van der Waals surface area contributed by atoms with Crippen LogP contribution < -0.4 is 15.8 Å². The van der Waals surface area contributed by atoms with E-state index in [4.69, 9.17) is 10.5 Å². The number of unbranched alkanes of at least 4 members (excludes halogenated alkanes) is 1. The first kappa shape index (κ1) is 16.8. The number of nitrogens with one attached hydrogen (secondary N) is 1. The Morgan fingerprint density at radius 1 is 1.41 bits per heavy atom. The maximum absolute atomic E-state index is 12.3. The normalized spacial score (nSPS) is 16.5. The fourth-order valence-corrected chi connectivity index (χ4v) is 2.88. The quantitative estimate of drug-likeness (QED) is 0.775. The molecule has 1 aromatic carbocycles. The van der Waals surface area contributed by atoms with Gasteiger partial charge >= 0.3 is 0 Å². The number of ether oxygens (including phenoxy) is 1. The Morgan fingerprint density at radius 2 is 2.18 bits per heavy atom. The largest absolute Gasteiger partial charge is 0.490 e. The molecule has 0 bridgehead atoms. The Hall–Kier alpha value is -1.55. The first-order chi connectivity index (χ1) is 10.7. The van der Waals surface area contributed by atoms with Crippen molar-refractivity contribution in [1.29, 1.82) is 0 Å². The van der Waals surface area contributed by atoms with E-state index in [0.717, 1.165) is 37.9 Å². The lowest BCUT2D eigenvalue weighted by Crippen LogP contribution is -2.40. The molecule has 0 aromatic heterocycles. The number of benzene rings is 1. The summed E-state index contributed by atoms with van der Waals surface area (Å²) < 4.78 is 5.96. The molecule has 4 nitrogen and oxygen atoms in total. The average molecular weight is 304 g/mol. The van der Waals surface area contributed by atoms with Crippen LogP contribution in [0.3, 0.4) is 0 Å². The number of carbonyl (C=O) groups is 1. The molecular formula is C18H28N2O2. The Bertz CT molecular complexity index is 470. The molecule has 1 fully saturated rings. The summed E-state index contributed by atoms with van der Waals surface area (Å²) in [4.78, 5) is 12.3. The minimum absolute atomic E-state index is 0.0480. The standard InChI is InChI=1S/C18H28N2O2/c1-2-3-8-15(13-19)20-18(21)14-7-6-11-17(12-14)22-16-9-4-5-10-16/h6-7,11-12,15-16H,2-5,8-10,13,19H2,1H3,(H,20,21). The van der Waals surface area contributed by atoms with Crippen molar-refractivity contribution in [2.45, 2.75) is 64.0 Å². The molecule has 0 spiro atoms. The van der Waals surface area contributed by atoms with E-state index in [1.165, 1.54) is 12.8 Å². The van der Waals surface area contributed by atoms with Crippen molar-refractivity contribution >= 4 is 5.91 Å². The Labute approximate surface area is 133 Å². The SMILES string of the molecule is CCCCC(CN)NC(=O)c1cccc(OC2CCCC2)c1. The van der Waals surface area contributed by atoms with Gasteiger partial charge in [0.25, 0.3) is 5.91 Å². The van der Waals surface area contributed by atoms with E-state index >= 15 is 0 Å². The van der Waals surface area contributed by atoms with Crippen LogP contribution in [0, 0.1) is 0 Å². The molecule has 2 rings (SSSR count). The molecule has 0 radical (unpaired) electrons. The van der Waals surface area contributed by atoms with Gasteiger partial charge in [0.05, 0.1) is 6.10 Å². The number of amides is 1. The van der Waals surface area contributed by atoms with Crippen molar-refractivity contribution in [2.75, 3.05) is 6.54 Å². The van der Waals surface area contributed by atoms with Gasteiger partial charge in [-0.15, -0.1) is 0 Å². The van der Waals surface area contributed by atoms with Crippen LogP contribution in [-0.4, -0.2) is 24.6 Å². The summed E-state index contributed by atoms with van der Waals surface area (Å²) in [5, 5.41) is 3.02. The highest BCUT2D eigenvalue weighted by Crippen LogP contribution is 2.24. The Morgan fingerprint density at radius 3 is 2.86 bits per heavy atom. The Balaban J connectivity index is 1.93. The van der Waals surface area contributed by atoms with E-state index in [1.807, 2.05) is 24.3 Å². The summed E-state index contributed by atoms with van der Waals surface area (Å²) in [6, 6.07) is 7.51. The van der Waals surface area contributed by atoms with E-state index in [2.05, 4.69) is 12.2 Å². The molecule has 1 saturated carbocycles. The average Bonchev–Trinajstić information content (AvgIpc) is 3.04. The third-order valence-corrected chi connectivity index (χ3v) is 4.23. The number of carbonyl (C=O) groups excluding carboxylic acids is 1. The van der Waals surface area contributed by atoms with Crippen LogP contribution >= 0.6 is 0 Å². The maximum Gasteiger partial charge on any atom is 0.251 e. The first-order valence-electron chi connectivity index (χ1n) is 8.50. The topological polar surface area (TPSA) is 64.3 Å². The van der Waals surface area contributed by atoms with Crippen LogP contribution in [0.15, 0.2) is 24.3 Å². The van der Waals surface area contributed by atoms with Crippen molar-refractivity contribution in [3.63, 3.8) is 0 Å². The van der Waals surface area contributed by atoms with Crippen LogP contribution in [0.1, 0.15) is 62.2 Å². The zero-order chi connectivity index (χ0) is 15.8. The van der Waals surface area contributed by atoms with E-state index in [0.29, 0.717) is 18.2 Å². The minimum atomic E-state index is -0.0663. The second-order valence-corrected chi connectivity index (χ2v) is 6.10. The number of nitrogens with two attached hydrogens (primary N) is 1. The van der Waals surface area contributed by atoms with Crippen LogP contribution in [0.5, 0.6) is 5.75 Å². The minimum Gasteiger partial charge on any atom is -0.490 e. The summed E-state index contributed by atoms with van der Waals surface area (Å²) in [5.74, 6) is 0.723. The third kappa shape index (κ3) is 5.02. The molecule has 0 saturated heterocycles. The first-order valence-corrected chi connectivity index (χ1v) is 8.50. The van der Waals surface area contributed by atoms with Crippen LogP contribution in [0.4, 0.5) is 0 Å². The van der Waals surface area contributed by atoms with Gasteiger partial charge in [-0.2, -0.15) is 0 Å². The molecule has 3 N–H and O–H groups in total. The molecule has 1 aliphatic rings. The molecule has 22 heavy (non-hydrogen) atoms. The van der Waals surface area contributed by atoms with Gasteiger partial charge in [-0.25, -0.2) is 0 Å². The lowest BCUT2D eigenvalue weighted by Gasteiger charge is -2.17. The fourth-order valence-electron chi connectivity index (χ4n) is 2.88. The van der Waals surface area contributed by atoms with Crippen molar-refractivity contribution < 1.29 is 9.53 Å². The molecule has 0 aliphatic heterocycles. The molecule has 1 atom stereocenters. The van der Waals surface area contributed by atoms with Crippen molar-refractivity contribution in [3.05, 3.63) is 29.8 Å². The lowest BCUT2D eigenvalue weighted by atomic mass is 10.1. The van der Waals surface area contributed by atoms with Gasteiger partial charge in [0, 0.05) is 18.2 Å². The van der Waals surface area contributed by atoms with Gasteiger partial charge in [0.2, 0.25) is 0 Å². The lowest BCUT2D eigenvalue weighted by molar-refractivity contribution is 0.0935. The van der Waals surface area contributed by atoms with Crippen LogP contribution in [0.2, 0.25) is 0 Å². The van der Waals surface area contributed by atoms with E-state index < -0.39 is 0 Å². The molecule has 1 amide bonds. The van der Waals surface area contributed by atoms with Crippen LogP contribution in [-0.2, 0) is 0 Å². The van der Waals surface area contributed by atoms with Gasteiger partial charge in [-0.3, -0.25) is 4.79 Å². The summed E-state index contributed by atoms with van der Waals surface area (Å²) in [6.07, 6.45) is 8.12. The maximum atomic E-state index is 12.3. The molecule has 0 heterocycles. The number of rotatable bonds is 8. The number of hydrogen-bond acceptors (Lipinski definition) is 3. The Kier molecular flexibility index (Phi) is 6.72. The second-order valence-electron chi connectivity index (χ2n) is 6.10. The van der Waals surface area contributed by atoms with Crippen molar-refractivity contribution in [1.82, 2.24) is 5.32 Å². The third-order valence-electron chi connectivity index (χ3n) is 4.23. The predicted molar refractivity (Wildman–Crippen MR) is 89.2 cm³/mol. The highest BCUT2D eigenvalue weighted by molar-refractivity contribution is 5.94. The van der Waals surface area contributed by atoms with E-state index in [9.17, 15) is 4.79 Å². The monoisotopic (exact) mass is 304 g/mol. The summed E-state index contributed by atoms with van der Waals surface area (Å²) in [5.41, 5.74) is 6.38. The summed E-state index contributed by atoms with van der Waals surface area (Å²) in [7, 11) is 0. The molecular weight excluding hydrogens is 276 g/mol. The van der Waals surface area contributed by atoms with Crippen molar-refractivity contribution in [3.8, 4) is 5.75 Å². The predicted octanol–water partition coefficient (Wildman–Crippen LogP) is 3.26. The van der Waals surface area contributed by atoms with Gasteiger partial charge in [-0.1, -0.05) is 25.8 Å². The molecule has 1 aromatic rings. The fraction of sp³-hybridized carbons (Fsp3) is 0.611. The number of hydrogen-bond donors (Lipinski definition) is 2. The zero-order valence-corrected chi connectivity index (χ0v) is 13.5. The van der Waals surface area contributed by atoms with E-state index in [1.54, 1.807) is 0 Å². The van der Waals surface area contributed by atoms with Gasteiger partial charge < -0.3 is 15.8 Å². The highest BCUT2D eigenvalue weighted by atomic mass is 16.5. The molecule has 1 unspecified atom stereocenters. The van der Waals surface area contributed by atoms with Gasteiger partial charge in [0.15, 0.2) is 0 Å². The smallest absolute Gasteiger partial charge is 0.251 e. The zero-order valence-electron chi connectivity index (χ0n) is 13.5. The van der Waals surface area contributed by atoms with Crippen molar-refractivity contribution in [2.24, 2.45) is 5.73 Å². The molecule has 122 valence electrons.